The van der Waals surface area contributed by atoms with Crippen LogP contribution in [0.25, 0.3) is 0 Å². The van der Waals surface area contributed by atoms with Gasteiger partial charge in [-0.3, -0.25) is 14.5 Å². The summed E-state index contributed by atoms with van der Waals surface area (Å²) in [6.45, 7) is 5.53. The van der Waals surface area contributed by atoms with Crippen LogP contribution < -0.4 is 25.8 Å². The summed E-state index contributed by atoms with van der Waals surface area (Å²) in [7, 11) is 0. The third kappa shape index (κ3) is 3.62. The number of piperazine rings is 1. The van der Waals surface area contributed by atoms with Gasteiger partial charge in [0.05, 0.1) is 11.8 Å². The molecule has 1 saturated heterocycles. The molecule has 3 heterocycles. The SMILES string of the molecule is C[C@@H](C(=O)Nc1sc2c(c1C(N)=O)CCC2)[NH+]1CCN(c2cccc[nH+]2)CC1. The molecule has 0 bridgehead atoms. The van der Waals surface area contributed by atoms with Gasteiger partial charge < -0.3 is 16.0 Å². The molecule has 0 unspecified atom stereocenters. The van der Waals surface area contributed by atoms with Gasteiger partial charge in [-0.25, -0.2) is 4.98 Å². The number of aryl methyl sites for hydroxylation is 1. The number of carbonyl (C=O) groups is 2. The molecule has 1 aliphatic carbocycles. The quantitative estimate of drug-likeness (QED) is 0.652. The molecule has 0 aromatic carbocycles. The van der Waals surface area contributed by atoms with Crippen LogP contribution >= 0.6 is 11.3 Å². The third-order valence-corrected chi connectivity index (χ3v) is 7.06. The molecule has 2 aromatic rings. The third-order valence-electron chi connectivity index (χ3n) is 5.85. The molecular weight excluding hydrogens is 374 g/mol. The van der Waals surface area contributed by atoms with E-state index in [0.717, 1.165) is 56.8 Å². The number of H-pyrrole nitrogens is 1. The van der Waals surface area contributed by atoms with Crippen molar-refractivity contribution in [1.29, 1.82) is 0 Å². The normalized spacial score (nSPS) is 18.0. The first-order chi connectivity index (χ1) is 13.5. The number of rotatable bonds is 5. The van der Waals surface area contributed by atoms with E-state index in [1.54, 1.807) is 0 Å². The minimum Gasteiger partial charge on any atom is -0.365 e. The van der Waals surface area contributed by atoms with Crippen LogP contribution in [0.1, 0.15) is 34.1 Å². The number of amides is 2. The number of fused-ring (bicyclic) bond motifs is 1. The number of aromatic amines is 1. The molecule has 28 heavy (non-hydrogen) atoms. The fourth-order valence-corrected chi connectivity index (χ4v) is 5.50. The first-order valence-electron chi connectivity index (χ1n) is 9.86. The number of quaternary nitrogens is 1. The highest BCUT2D eigenvalue weighted by Gasteiger charge is 2.34. The van der Waals surface area contributed by atoms with Crippen LogP contribution in [0, 0.1) is 0 Å². The van der Waals surface area contributed by atoms with E-state index >= 15 is 0 Å². The molecule has 0 radical (unpaired) electrons. The number of anilines is 2. The highest BCUT2D eigenvalue weighted by atomic mass is 32.1. The zero-order valence-electron chi connectivity index (χ0n) is 16.1. The van der Waals surface area contributed by atoms with Gasteiger partial charge in [-0.15, -0.1) is 11.3 Å². The second-order valence-electron chi connectivity index (χ2n) is 7.53. The van der Waals surface area contributed by atoms with Crippen molar-refractivity contribution in [2.75, 3.05) is 36.4 Å². The van der Waals surface area contributed by atoms with Gasteiger partial charge in [0.1, 0.15) is 31.2 Å². The Bertz CT molecular complexity index is 874. The van der Waals surface area contributed by atoms with E-state index in [-0.39, 0.29) is 11.9 Å². The Morgan fingerprint density at radius 1 is 1.29 bits per heavy atom. The van der Waals surface area contributed by atoms with Crippen LogP contribution in [-0.2, 0) is 17.6 Å². The van der Waals surface area contributed by atoms with Crippen molar-refractivity contribution in [3.05, 3.63) is 40.4 Å². The van der Waals surface area contributed by atoms with Crippen LogP contribution in [0.4, 0.5) is 10.8 Å². The fraction of sp³-hybridized carbons (Fsp3) is 0.450. The number of hydrogen-bond donors (Lipinski definition) is 3. The van der Waals surface area contributed by atoms with Gasteiger partial charge in [0.25, 0.3) is 17.6 Å². The largest absolute Gasteiger partial charge is 0.365 e. The minimum atomic E-state index is -0.442. The van der Waals surface area contributed by atoms with Crippen molar-refractivity contribution in [1.82, 2.24) is 0 Å². The van der Waals surface area contributed by atoms with Crippen LogP contribution in [0.5, 0.6) is 0 Å². The number of pyridine rings is 1. The zero-order valence-corrected chi connectivity index (χ0v) is 16.9. The number of aromatic nitrogens is 1. The average Bonchev–Trinajstić information content (AvgIpc) is 3.28. The van der Waals surface area contributed by atoms with E-state index in [9.17, 15) is 9.59 Å². The number of hydrogen-bond acceptors (Lipinski definition) is 4. The van der Waals surface area contributed by atoms with Crippen molar-refractivity contribution < 1.29 is 19.5 Å². The summed E-state index contributed by atoms with van der Waals surface area (Å²) in [5.74, 6) is 0.623. The summed E-state index contributed by atoms with van der Waals surface area (Å²) in [6, 6.07) is 5.89. The molecular formula is C20H27N5O2S+2. The number of nitrogens with one attached hydrogen (secondary N) is 3. The van der Waals surface area contributed by atoms with Crippen LogP contribution in [0.2, 0.25) is 0 Å². The number of nitrogens with two attached hydrogens (primary N) is 1. The molecule has 5 N–H and O–H groups in total. The Morgan fingerprint density at radius 2 is 2.07 bits per heavy atom. The van der Waals surface area contributed by atoms with Gasteiger partial charge >= 0.3 is 0 Å². The lowest BCUT2D eigenvalue weighted by atomic mass is 10.1. The molecule has 0 spiro atoms. The maximum atomic E-state index is 12.9. The monoisotopic (exact) mass is 401 g/mol. The molecule has 7 nitrogen and oxygen atoms in total. The Hall–Kier alpha value is -2.45. The summed E-state index contributed by atoms with van der Waals surface area (Å²) in [6.07, 6.45) is 4.83. The second kappa shape index (κ2) is 7.89. The van der Waals surface area contributed by atoms with E-state index in [0.29, 0.717) is 10.6 Å². The van der Waals surface area contributed by atoms with E-state index in [2.05, 4.69) is 21.3 Å². The van der Waals surface area contributed by atoms with Gasteiger partial charge in [-0.05, 0) is 37.8 Å². The summed E-state index contributed by atoms with van der Waals surface area (Å²) in [5.41, 5.74) is 7.17. The van der Waals surface area contributed by atoms with Crippen molar-refractivity contribution in [2.24, 2.45) is 5.73 Å². The van der Waals surface area contributed by atoms with Crippen LogP contribution in [-0.4, -0.2) is 44.0 Å². The summed E-state index contributed by atoms with van der Waals surface area (Å²) in [5, 5.41) is 3.63. The first-order valence-corrected chi connectivity index (χ1v) is 10.7. The van der Waals surface area contributed by atoms with Crippen molar-refractivity contribution in [3.8, 4) is 0 Å². The van der Waals surface area contributed by atoms with E-state index in [4.69, 9.17) is 5.73 Å². The van der Waals surface area contributed by atoms with Crippen molar-refractivity contribution in [3.63, 3.8) is 0 Å². The van der Waals surface area contributed by atoms with Crippen molar-refractivity contribution >= 4 is 34.0 Å². The number of primary amides is 1. The topological polar surface area (TPSA) is 94.0 Å². The van der Waals surface area contributed by atoms with Gasteiger partial charge in [0.15, 0.2) is 6.04 Å². The summed E-state index contributed by atoms with van der Waals surface area (Å²) in [4.78, 5) is 32.8. The molecule has 0 saturated carbocycles. The van der Waals surface area contributed by atoms with Gasteiger partial charge in [0, 0.05) is 10.9 Å². The molecule has 2 amide bonds. The molecule has 2 aliphatic rings. The Morgan fingerprint density at radius 3 is 2.75 bits per heavy atom. The number of carbonyl (C=O) groups excluding carboxylic acids is 2. The van der Waals surface area contributed by atoms with Crippen LogP contribution in [0.3, 0.4) is 0 Å². The van der Waals surface area contributed by atoms with Gasteiger partial charge in [-0.1, -0.05) is 6.07 Å². The Kier molecular flexibility index (Phi) is 5.32. The summed E-state index contributed by atoms with van der Waals surface area (Å²) < 4.78 is 0. The standard InChI is InChI=1S/C20H25N5O2S/c1-13(24-9-11-25(12-10-24)16-7-2-3-8-22-16)19(27)23-20-17(18(21)26)14-5-4-6-15(14)28-20/h2-3,7-8,13H,4-6,9-12H2,1H3,(H2,21,26)(H,23,27)/p+2/t13-/m0/s1. The molecule has 1 atom stereocenters. The molecule has 2 aromatic heterocycles. The maximum Gasteiger partial charge on any atom is 0.282 e. The maximum absolute atomic E-state index is 12.9. The Labute approximate surface area is 168 Å². The predicted molar refractivity (Wildman–Crippen MR) is 109 cm³/mol. The molecule has 4 rings (SSSR count). The molecule has 1 fully saturated rings. The predicted octanol–water partition coefficient (Wildman–Crippen LogP) is -0.118. The smallest absolute Gasteiger partial charge is 0.282 e. The number of thiophene rings is 1. The minimum absolute atomic E-state index is 0.0443. The Balaban J connectivity index is 1.39. The number of nitrogens with zero attached hydrogens (tertiary/aromatic N) is 1. The van der Waals surface area contributed by atoms with E-state index in [1.807, 2.05) is 25.3 Å². The fourth-order valence-electron chi connectivity index (χ4n) is 4.21. The molecule has 1 aliphatic heterocycles. The zero-order chi connectivity index (χ0) is 19.7. The van der Waals surface area contributed by atoms with Gasteiger partial charge in [-0.2, -0.15) is 0 Å². The lowest BCUT2D eigenvalue weighted by molar-refractivity contribution is -0.914. The van der Waals surface area contributed by atoms with Crippen molar-refractivity contribution in [2.45, 2.75) is 32.2 Å². The first kappa shape index (κ1) is 18.9. The summed E-state index contributed by atoms with van der Waals surface area (Å²) >= 11 is 1.51. The molecule has 8 heteroatoms. The lowest BCUT2D eigenvalue weighted by Crippen LogP contribution is -3.19. The lowest BCUT2D eigenvalue weighted by Gasteiger charge is -2.31. The highest BCUT2D eigenvalue weighted by Crippen LogP contribution is 2.38. The second-order valence-corrected chi connectivity index (χ2v) is 8.63. The highest BCUT2D eigenvalue weighted by molar-refractivity contribution is 7.17. The van der Waals surface area contributed by atoms with E-state index < -0.39 is 5.91 Å². The molecule has 148 valence electrons. The van der Waals surface area contributed by atoms with Crippen LogP contribution in [0.15, 0.2) is 24.4 Å². The van der Waals surface area contributed by atoms with E-state index in [1.165, 1.54) is 21.1 Å². The van der Waals surface area contributed by atoms with Gasteiger partial charge in [0.2, 0.25) is 0 Å². The average molecular weight is 402 g/mol.